The average molecular weight is 379 g/mol. The number of H-pyrrole nitrogens is 1. The van der Waals surface area contributed by atoms with E-state index in [1.165, 1.54) is 23.8 Å². The highest BCUT2D eigenvalue weighted by Crippen LogP contribution is 2.45. The van der Waals surface area contributed by atoms with Crippen LogP contribution in [0.1, 0.15) is 35.3 Å². The first kappa shape index (κ1) is 17.7. The Labute approximate surface area is 153 Å². The van der Waals surface area contributed by atoms with Crippen LogP contribution in [-0.2, 0) is 9.84 Å². The lowest BCUT2D eigenvalue weighted by Crippen LogP contribution is -2.69. The van der Waals surface area contributed by atoms with Crippen LogP contribution in [0.4, 0.5) is 0 Å². The summed E-state index contributed by atoms with van der Waals surface area (Å²) < 4.78 is 24.7. The van der Waals surface area contributed by atoms with E-state index < -0.39 is 20.1 Å². The van der Waals surface area contributed by atoms with Crippen molar-refractivity contribution in [1.82, 2.24) is 14.8 Å². The monoisotopic (exact) mass is 379 g/mol. The summed E-state index contributed by atoms with van der Waals surface area (Å²) in [6, 6.07) is 3.21. The van der Waals surface area contributed by atoms with Gasteiger partial charge < -0.3 is 14.8 Å². The number of aromatic amines is 1. The van der Waals surface area contributed by atoms with Crippen molar-refractivity contribution in [2.75, 3.05) is 38.5 Å². The van der Waals surface area contributed by atoms with Crippen LogP contribution in [0, 0.1) is 12.8 Å². The Morgan fingerprint density at radius 2 is 1.96 bits per heavy atom. The molecule has 4 rings (SSSR count). The normalized spacial score (nSPS) is 27.0. The highest BCUT2D eigenvalue weighted by Gasteiger charge is 2.62. The second-order valence-electron chi connectivity index (χ2n) is 7.92. The maximum absolute atomic E-state index is 12.7. The van der Waals surface area contributed by atoms with Gasteiger partial charge in [-0.05, 0) is 57.3 Å². The Hall–Kier alpha value is -1.67. The van der Waals surface area contributed by atoms with Gasteiger partial charge in [-0.25, -0.2) is 8.42 Å². The first-order valence-electron chi connectivity index (χ1n) is 9.26. The van der Waals surface area contributed by atoms with E-state index in [1.807, 2.05) is 0 Å². The largest absolute Gasteiger partial charge is 0.335 e. The third kappa shape index (κ3) is 2.70. The number of aromatic nitrogens is 1. The Balaban J connectivity index is 1.52. The topological polar surface area (TPSA) is 90.6 Å². The third-order valence-electron chi connectivity index (χ3n) is 6.27. The summed E-state index contributed by atoms with van der Waals surface area (Å²) >= 11 is 0. The van der Waals surface area contributed by atoms with Gasteiger partial charge in [0.2, 0.25) is 0 Å². The summed E-state index contributed by atoms with van der Waals surface area (Å²) in [5, 5.41) is 0. The van der Waals surface area contributed by atoms with Gasteiger partial charge in [0, 0.05) is 25.3 Å². The maximum atomic E-state index is 12.7. The van der Waals surface area contributed by atoms with Crippen molar-refractivity contribution in [2.45, 2.75) is 30.9 Å². The minimum atomic E-state index is -3.21. The van der Waals surface area contributed by atoms with Crippen LogP contribution in [0.15, 0.2) is 16.9 Å². The molecule has 7 nitrogen and oxygen atoms in total. The van der Waals surface area contributed by atoms with Crippen molar-refractivity contribution in [2.24, 2.45) is 5.92 Å². The molecule has 8 heteroatoms. The Morgan fingerprint density at radius 1 is 1.27 bits per heavy atom. The fourth-order valence-corrected chi connectivity index (χ4v) is 7.07. The zero-order chi connectivity index (χ0) is 18.5. The Kier molecular flexibility index (Phi) is 4.23. The van der Waals surface area contributed by atoms with E-state index in [1.54, 1.807) is 13.0 Å². The van der Waals surface area contributed by atoms with Crippen molar-refractivity contribution < 1.29 is 13.2 Å². The number of hydrogen-bond acceptors (Lipinski definition) is 5. The quantitative estimate of drug-likeness (QED) is 0.821. The first-order valence-corrected chi connectivity index (χ1v) is 10.9. The van der Waals surface area contributed by atoms with Crippen LogP contribution in [0.3, 0.4) is 0 Å². The maximum Gasteiger partial charge on any atom is 0.260 e. The molecule has 1 amide bonds. The average Bonchev–Trinajstić information content (AvgIpc) is 3.12. The number of pyridine rings is 1. The number of rotatable bonds is 3. The molecule has 0 aromatic carbocycles. The van der Waals surface area contributed by atoms with Crippen molar-refractivity contribution >= 4 is 15.7 Å². The Bertz CT molecular complexity index is 880. The van der Waals surface area contributed by atoms with Gasteiger partial charge in [-0.2, -0.15) is 0 Å². The molecule has 4 heterocycles. The number of carbonyl (C=O) groups is 1. The number of sulfone groups is 1. The van der Waals surface area contributed by atoms with Gasteiger partial charge in [0.25, 0.3) is 11.5 Å². The third-order valence-corrected chi connectivity index (χ3v) is 8.87. The predicted octanol–water partition coefficient (Wildman–Crippen LogP) is 0.408. The zero-order valence-electron chi connectivity index (χ0n) is 15.0. The zero-order valence-corrected chi connectivity index (χ0v) is 15.8. The molecule has 26 heavy (non-hydrogen) atoms. The molecule has 0 saturated carbocycles. The van der Waals surface area contributed by atoms with Crippen LogP contribution in [0.2, 0.25) is 0 Å². The first-order chi connectivity index (χ1) is 12.3. The van der Waals surface area contributed by atoms with Crippen LogP contribution in [0.25, 0.3) is 0 Å². The summed E-state index contributed by atoms with van der Waals surface area (Å²) in [4.78, 5) is 31.2. The molecule has 1 N–H and O–H groups in total. The lowest BCUT2D eigenvalue weighted by atomic mass is 9.82. The second-order valence-corrected chi connectivity index (χ2v) is 10.4. The molecule has 1 aromatic rings. The molecule has 3 saturated heterocycles. The van der Waals surface area contributed by atoms with Gasteiger partial charge in [-0.1, -0.05) is 0 Å². The molecule has 1 spiro atoms. The van der Waals surface area contributed by atoms with Crippen LogP contribution >= 0.6 is 0 Å². The van der Waals surface area contributed by atoms with Gasteiger partial charge in [0.1, 0.15) is 10.3 Å². The van der Waals surface area contributed by atoms with Crippen molar-refractivity contribution in [3.05, 3.63) is 33.7 Å². The molecule has 3 aliphatic heterocycles. The molecule has 0 aliphatic carbocycles. The summed E-state index contributed by atoms with van der Waals surface area (Å²) in [5.41, 5.74) is 0.353. The number of likely N-dealkylation sites (tertiary alicyclic amines) is 2. The fraction of sp³-hybridized carbons (Fsp3) is 0.667. The minimum absolute atomic E-state index is 0.0750. The molecular weight excluding hydrogens is 354 g/mol. The highest BCUT2D eigenvalue weighted by atomic mass is 32.2. The molecule has 142 valence electrons. The Morgan fingerprint density at radius 3 is 2.62 bits per heavy atom. The van der Waals surface area contributed by atoms with E-state index in [2.05, 4.69) is 9.88 Å². The van der Waals surface area contributed by atoms with E-state index >= 15 is 0 Å². The fourth-order valence-electron chi connectivity index (χ4n) is 4.66. The number of hydrogen-bond donors (Lipinski definition) is 1. The summed E-state index contributed by atoms with van der Waals surface area (Å²) in [5.74, 6) is -0.0941. The summed E-state index contributed by atoms with van der Waals surface area (Å²) in [6.45, 7) is 5.04. The minimum Gasteiger partial charge on any atom is -0.335 e. The smallest absolute Gasteiger partial charge is 0.260 e. The molecule has 3 fully saturated rings. The number of carbonyl (C=O) groups excluding carboxylic acids is 1. The number of nitrogens with zero attached hydrogens (tertiary/aromatic N) is 2. The summed E-state index contributed by atoms with van der Waals surface area (Å²) in [7, 11) is -3.21. The number of nitrogens with one attached hydrogen (secondary N) is 1. The molecule has 0 bridgehead atoms. The lowest BCUT2D eigenvalue weighted by Gasteiger charge is -2.50. The van der Waals surface area contributed by atoms with E-state index in [-0.39, 0.29) is 36.2 Å². The molecule has 1 unspecified atom stereocenters. The van der Waals surface area contributed by atoms with Crippen molar-refractivity contribution in [3.63, 3.8) is 0 Å². The molecule has 1 atom stereocenters. The summed E-state index contributed by atoms with van der Waals surface area (Å²) in [6.07, 6.45) is 3.02. The van der Waals surface area contributed by atoms with E-state index in [0.29, 0.717) is 12.1 Å². The van der Waals surface area contributed by atoms with Gasteiger partial charge in [0.15, 0.2) is 9.84 Å². The predicted molar refractivity (Wildman–Crippen MR) is 98.0 cm³/mol. The molecular formula is C18H25N3O4S. The van der Waals surface area contributed by atoms with E-state index in [4.69, 9.17) is 0 Å². The van der Waals surface area contributed by atoms with Crippen LogP contribution in [-0.4, -0.2) is 72.3 Å². The van der Waals surface area contributed by atoms with Crippen LogP contribution < -0.4 is 5.56 Å². The van der Waals surface area contributed by atoms with Crippen LogP contribution in [0.5, 0.6) is 0 Å². The SMILES string of the molecule is Cc1ccc(C(=O)N2CC3(C2)C(CN2CCCC2)CCS3(=O)=O)c(=O)[nH]1. The molecule has 0 radical (unpaired) electrons. The van der Waals surface area contributed by atoms with Gasteiger partial charge in [0.05, 0.1) is 5.75 Å². The van der Waals surface area contributed by atoms with Crippen molar-refractivity contribution in [1.29, 1.82) is 0 Å². The van der Waals surface area contributed by atoms with Gasteiger partial charge >= 0.3 is 0 Å². The number of aryl methyl sites for hydroxylation is 1. The highest BCUT2D eigenvalue weighted by molar-refractivity contribution is 7.93. The van der Waals surface area contributed by atoms with Gasteiger partial charge in [-0.3, -0.25) is 9.59 Å². The molecule has 3 aliphatic rings. The van der Waals surface area contributed by atoms with E-state index in [0.717, 1.165) is 19.6 Å². The standard InChI is InChI=1S/C18H25N3O4S/c1-13-4-5-15(16(22)19-13)17(23)21-11-18(12-21)14(6-9-26(18,24)25)10-20-7-2-3-8-20/h4-5,14H,2-3,6-12H2,1H3,(H,19,22). The van der Waals surface area contributed by atoms with E-state index in [9.17, 15) is 18.0 Å². The van der Waals surface area contributed by atoms with Gasteiger partial charge in [-0.15, -0.1) is 0 Å². The molecule has 1 aromatic heterocycles. The lowest BCUT2D eigenvalue weighted by molar-refractivity contribution is 0.0431. The number of amides is 1. The van der Waals surface area contributed by atoms with Crippen molar-refractivity contribution in [3.8, 4) is 0 Å². The second kappa shape index (κ2) is 6.20.